The predicted octanol–water partition coefficient (Wildman–Crippen LogP) is 2.01. The fourth-order valence-corrected chi connectivity index (χ4v) is 1.19. The molecule has 1 aromatic carbocycles. The molecule has 8 heteroatoms. The van der Waals surface area contributed by atoms with Crippen molar-refractivity contribution in [1.82, 2.24) is 0 Å². The Hall–Kier alpha value is -1.76. The molecule has 0 saturated carbocycles. The SMILES string of the molecule is Cl.NC(N)=N/N=C/C(c1ccccc1)C(F)(F)F. The van der Waals surface area contributed by atoms with Gasteiger partial charge in [-0.3, -0.25) is 0 Å². The molecular formula is C10H12ClF3N4. The molecule has 100 valence electrons. The molecule has 0 spiro atoms. The number of hydrogen-bond donors (Lipinski definition) is 2. The molecule has 1 unspecified atom stereocenters. The van der Waals surface area contributed by atoms with E-state index in [4.69, 9.17) is 11.5 Å². The highest BCUT2D eigenvalue weighted by atomic mass is 35.5. The molecule has 0 aliphatic rings. The first-order valence-electron chi connectivity index (χ1n) is 4.65. The van der Waals surface area contributed by atoms with E-state index in [9.17, 15) is 13.2 Å². The summed E-state index contributed by atoms with van der Waals surface area (Å²) < 4.78 is 38.2. The Morgan fingerprint density at radius 3 is 2.17 bits per heavy atom. The average Bonchev–Trinajstić information content (AvgIpc) is 2.23. The van der Waals surface area contributed by atoms with E-state index in [1.165, 1.54) is 24.3 Å². The van der Waals surface area contributed by atoms with Crippen LogP contribution in [0.5, 0.6) is 0 Å². The quantitative estimate of drug-likeness (QED) is 0.505. The van der Waals surface area contributed by atoms with Crippen LogP contribution in [0, 0.1) is 0 Å². The topological polar surface area (TPSA) is 76.8 Å². The molecule has 4 N–H and O–H groups in total. The van der Waals surface area contributed by atoms with Crippen molar-refractivity contribution in [3.63, 3.8) is 0 Å². The molecule has 18 heavy (non-hydrogen) atoms. The van der Waals surface area contributed by atoms with Gasteiger partial charge >= 0.3 is 6.18 Å². The Bertz CT molecular complexity index is 413. The molecule has 1 aromatic rings. The summed E-state index contributed by atoms with van der Waals surface area (Å²) in [5.74, 6) is -2.22. The van der Waals surface area contributed by atoms with E-state index in [0.717, 1.165) is 0 Å². The highest BCUT2D eigenvalue weighted by Crippen LogP contribution is 2.33. The lowest BCUT2D eigenvalue weighted by molar-refractivity contribution is -0.134. The van der Waals surface area contributed by atoms with Crippen molar-refractivity contribution in [2.24, 2.45) is 21.7 Å². The summed E-state index contributed by atoms with van der Waals surface area (Å²) in [6.45, 7) is 0. The van der Waals surface area contributed by atoms with E-state index in [1.54, 1.807) is 6.07 Å². The normalized spacial score (nSPS) is 12.8. The minimum atomic E-state index is -4.44. The number of nitrogens with two attached hydrogens (primary N) is 2. The van der Waals surface area contributed by atoms with Gasteiger partial charge < -0.3 is 11.5 Å². The third-order valence-corrected chi connectivity index (χ3v) is 1.90. The van der Waals surface area contributed by atoms with Crippen molar-refractivity contribution in [3.8, 4) is 0 Å². The fourth-order valence-electron chi connectivity index (χ4n) is 1.19. The van der Waals surface area contributed by atoms with Crippen molar-refractivity contribution in [2.75, 3.05) is 0 Å². The summed E-state index contributed by atoms with van der Waals surface area (Å²) in [5.41, 5.74) is 10.00. The lowest BCUT2D eigenvalue weighted by Gasteiger charge is -2.15. The maximum Gasteiger partial charge on any atom is 0.400 e. The van der Waals surface area contributed by atoms with Gasteiger partial charge in [-0.1, -0.05) is 30.3 Å². The lowest BCUT2D eigenvalue weighted by Crippen LogP contribution is -2.23. The van der Waals surface area contributed by atoms with Crippen LogP contribution in [0.25, 0.3) is 0 Å². The molecule has 0 aromatic heterocycles. The van der Waals surface area contributed by atoms with Crippen LogP contribution in [0.2, 0.25) is 0 Å². The van der Waals surface area contributed by atoms with Crippen molar-refractivity contribution < 1.29 is 13.2 Å². The van der Waals surface area contributed by atoms with Crippen molar-refractivity contribution in [1.29, 1.82) is 0 Å². The minimum absolute atomic E-state index is 0. The molecule has 0 aliphatic heterocycles. The second-order valence-electron chi connectivity index (χ2n) is 3.22. The summed E-state index contributed by atoms with van der Waals surface area (Å²) in [7, 11) is 0. The Balaban J connectivity index is 0.00000289. The predicted molar refractivity (Wildman–Crippen MR) is 66.8 cm³/mol. The van der Waals surface area contributed by atoms with Crippen molar-refractivity contribution in [2.45, 2.75) is 12.1 Å². The Morgan fingerprint density at radius 2 is 1.72 bits per heavy atom. The van der Waals surface area contributed by atoms with Gasteiger partial charge in [-0.2, -0.15) is 18.3 Å². The summed E-state index contributed by atoms with van der Waals surface area (Å²) >= 11 is 0. The van der Waals surface area contributed by atoms with Gasteiger partial charge in [0.15, 0.2) is 0 Å². The summed E-state index contributed by atoms with van der Waals surface area (Å²) in [6, 6.07) is 7.38. The minimum Gasteiger partial charge on any atom is -0.369 e. The summed E-state index contributed by atoms with van der Waals surface area (Å²) in [6.07, 6.45) is -3.78. The first-order chi connectivity index (χ1) is 7.91. The van der Waals surface area contributed by atoms with Crippen molar-refractivity contribution >= 4 is 24.6 Å². The molecule has 0 aliphatic carbocycles. The second-order valence-corrected chi connectivity index (χ2v) is 3.22. The van der Waals surface area contributed by atoms with E-state index < -0.39 is 18.1 Å². The van der Waals surface area contributed by atoms with Crippen LogP contribution in [0.1, 0.15) is 11.5 Å². The molecule has 0 heterocycles. The zero-order valence-electron chi connectivity index (χ0n) is 9.13. The molecule has 0 radical (unpaired) electrons. The van der Waals surface area contributed by atoms with Crippen LogP contribution in [0.4, 0.5) is 13.2 Å². The van der Waals surface area contributed by atoms with Crippen LogP contribution < -0.4 is 11.5 Å². The summed E-state index contributed by atoms with van der Waals surface area (Å²) in [5, 5.41) is 6.35. The molecular weight excluding hydrogens is 269 g/mol. The van der Waals surface area contributed by atoms with E-state index in [2.05, 4.69) is 10.2 Å². The Morgan fingerprint density at radius 1 is 1.17 bits per heavy atom. The number of alkyl halides is 3. The van der Waals surface area contributed by atoms with Crippen molar-refractivity contribution in [3.05, 3.63) is 35.9 Å². The lowest BCUT2D eigenvalue weighted by atomic mass is 10.0. The number of rotatable bonds is 3. The standard InChI is InChI=1S/C10H11F3N4.ClH/c11-10(12,13)8(6-16-17-9(14)15)7-4-2-1-3-5-7;/h1-6,8H,(H4,14,15,17);1H/b16-6+;. The van der Waals surface area contributed by atoms with Gasteiger partial charge in [-0.05, 0) is 5.56 Å². The molecule has 1 rings (SSSR count). The zero-order valence-corrected chi connectivity index (χ0v) is 9.95. The third-order valence-electron chi connectivity index (χ3n) is 1.90. The highest BCUT2D eigenvalue weighted by molar-refractivity contribution is 5.85. The molecule has 1 atom stereocenters. The summed E-state index contributed by atoms with van der Waals surface area (Å²) in [4.78, 5) is 0. The highest BCUT2D eigenvalue weighted by Gasteiger charge is 2.39. The molecule has 0 saturated heterocycles. The van der Waals surface area contributed by atoms with Gasteiger partial charge in [0.05, 0.1) is 0 Å². The average molecular weight is 281 g/mol. The van der Waals surface area contributed by atoms with Gasteiger partial charge in [-0.15, -0.1) is 17.5 Å². The molecule has 0 fully saturated rings. The van der Waals surface area contributed by atoms with Gasteiger partial charge in [0.25, 0.3) is 0 Å². The van der Waals surface area contributed by atoms with Crippen LogP contribution in [0.15, 0.2) is 40.5 Å². The van der Waals surface area contributed by atoms with Gasteiger partial charge in [0.2, 0.25) is 5.96 Å². The van der Waals surface area contributed by atoms with Gasteiger partial charge in [0.1, 0.15) is 5.92 Å². The van der Waals surface area contributed by atoms with Crippen LogP contribution in [-0.2, 0) is 0 Å². The fraction of sp³-hybridized carbons (Fsp3) is 0.200. The first-order valence-corrected chi connectivity index (χ1v) is 4.65. The van der Waals surface area contributed by atoms with Crippen LogP contribution in [0.3, 0.4) is 0 Å². The van der Waals surface area contributed by atoms with E-state index in [-0.39, 0.29) is 18.0 Å². The first kappa shape index (κ1) is 16.2. The second kappa shape index (κ2) is 6.85. The van der Waals surface area contributed by atoms with E-state index >= 15 is 0 Å². The number of nitrogens with zero attached hydrogens (tertiary/aromatic N) is 2. The molecule has 0 bridgehead atoms. The third kappa shape index (κ3) is 5.05. The number of hydrogen-bond acceptors (Lipinski definition) is 2. The largest absolute Gasteiger partial charge is 0.400 e. The van der Waals surface area contributed by atoms with E-state index in [0.29, 0.717) is 6.21 Å². The number of benzene rings is 1. The maximum atomic E-state index is 12.7. The van der Waals surface area contributed by atoms with E-state index in [1.807, 2.05) is 0 Å². The monoisotopic (exact) mass is 280 g/mol. The van der Waals surface area contributed by atoms with Gasteiger partial charge in [0, 0.05) is 6.21 Å². The Labute approximate surface area is 108 Å². The molecule has 0 amide bonds. The Kier molecular flexibility index (Phi) is 6.18. The molecule has 4 nitrogen and oxygen atoms in total. The number of guanidine groups is 1. The van der Waals surface area contributed by atoms with Gasteiger partial charge in [-0.25, -0.2) is 0 Å². The zero-order chi connectivity index (χ0) is 12.9. The maximum absolute atomic E-state index is 12.7. The van der Waals surface area contributed by atoms with Crippen LogP contribution in [-0.4, -0.2) is 18.4 Å². The van der Waals surface area contributed by atoms with Crippen LogP contribution >= 0.6 is 12.4 Å². The smallest absolute Gasteiger partial charge is 0.369 e. The number of halogens is 4.